The van der Waals surface area contributed by atoms with Gasteiger partial charge in [0.2, 0.25) is 5.91 Å². The monoisotopic (exact) mass is 317 g/mol. The number of amides is 1. The fraction of sp³-hybridized carbons (Fsp3) is 0.278. The highest BCUT2D eigenvalue weighted by Crippen LogP contribution is 2.19. The maximum Gasteiger partial charge on any atom is 0.228 e. The average molecular weight is 318 g/mol. The molecule has 0 spiro atoms. The van der Waals surface area contributed by atoms with E-state index in [1.807, 2.05) is 45.0 Å². The Morgan fingerprint density at radius 2 is 1.64 bits per heavy atom. The summed E-state index contributed by atoms with van der Waals surface area (Å²) in [5.41, 5.74) is 1.45. The van der Waals surface area contributed by atoms with Crippen LogP contribution < -0.4 is 10.1 Å². The van der Waals surface area contributed by atoms with Crippen LogP contribution in [-0.2, 0) is 11.2 Å². The van der Waals surface area contributed by atoms with Crippen molar-refractivity contribution in [2.45, 2.75) is 32.8 Å². The molecule has 0 aliphatic heterocycles. The van der Waals surface area contributed by atoms with Gasteiger partial charge in [0.1, 0.15) is 11.4 Å². The summed E-state index contributed by atoms with van der Waals surface area (Å²) < 4.78 is 5.76. The molecule has 1 amide bonds. The van der Waals surface area contributed by atoms with Gasteiger partial charge in [0.05, 0.1) is 6.42 Å². The number of hydrogen-bond donors (Lipinski definition) is 1. The van der Waals surface area contributed by atoms with Crippen molar-refractivity contribution in [3.63, 3.8) is 0 Å². The number of carbonyl (C=O) groups is 1. The minimum absolute atomic E-state index is 0.0631. The molecule has 116 valence electrons. The van der Waals surface area contributed by atoms with Gasteiger partial charge in [-0.05, 0) is 62.7 Å². The van der Waals surface area contributed by atoms with Crippen molar-refractivity contribution in [3.05, 3.63) is 59.1 Å². The Kier molecular flexibility index (Phi) is 5.09. The molecular weight excluding hydrogens is 298 g/mol. The molecule has 22 heavy (non-hydrogen) atoms. The van der Waals surface area contributed by atoms with Gasteiger partial charge in [0, 0.05) is 10.7 Å². The second-order valence-electron chi connectivity index (χ2n) is 6.09. The molecule has 1 N–H and O–H groups in total. The molecular formula is C18H20ClNO2. The Balaban J connectivity index is 1.93. The van der Waals surface area contributed by atoms with Crippen LogP contribution in [-0.4, -0.2) is 11.5 Å². The first-order valence-electron chi connectivity index (χ1n) is 7.15. The number of carbonyl (C=O) groups excluding carboxylic acids is 1. The van der Waals surface area contributed by atoms with Gasteiger partial charge in [-0.25, -0.2) is 0 Å². The third-order valence-electron chi connectivity index (χ3n) is 2.84. The molecule has 2 rings (SSSR count). The summed E-state index contributed by atoms with van der Waals surface area (Å²) in [6.07, 6.45) is 0.318. The predicted molar refractivity (Wildman–Crippen MR) is 90.6 cm³/mol. The molecule has 2 aromatic rings. The van der Waals surface area contributed by atoms with Crippen LogP contribution >= 0.6 is 11.6 Å². The predicted octanol–water partition coefficient (Wildman–Crippen LogP) is 4.70. The van der Waals surface area contributed by atoms with E-state index in [1.165, 1.54) is 0 Å². The molecule has 0 aliphatic carbocycles. The number of halogens is 1. The SMILES string of the molecule is CC(C)(C)Oc1ccc(CC(=O)Nc2ccc(Cl)cc2)cc1. The maximum absolute atomic E-state index is 12.0. The molecule has 0 atom stereocenters. The van der Waals surface area contributed by atoms with Crippen LogP contribution in [0.5, 0.6) is 5.75 Å². The van der Waals surface area contributed by atoms with Gasteiger partial charge in [-0.15, -0.1) is 0 Å². The minimum atomic E-state index is -0.229. The molecule has 0 bridgehead atoms. The van der Waals surface area contributed by atoms with Crippen molar-refractivity contribution < 1.29 is 9.53 Å². The zero-order valence-corrected chi connectivity index (χ0v) is 13.8. The van der Waals surface area contributed by atoms with Crippen molar-refractivity contribution in [2.75, 3.05) is 5.32 Å². The van der Waals surface area contributed by atoms with Crippen LogP contribution in [0.4, 0.5) is 5.69 Å². The van der Waals surface area contributed by atoms with E-state index in [0.717, 1.165) is 17.0 Å². The summed E-state index contributed by atoms with van der Waals surface area (Å²) in [6.45, 7) is 6.00. The number of ether oxygens (including phenoxy) is 1. The lowest BCUT2D eigenvalue weighted by atomic mass is 10.1. The summed E-state index contributed by atoms with van der Waals surface area (Å²) >= 11 is 5.81. The molecule has 0 saturated carbocycles. The molecule has 4 heteroatoms. The molecule has 0 saturated heterocycles. The first-order chi connectivity index (χ1) is 10.3. The average Bonchev–Trinajstić information content (AvgIpc) is 2.42. The number of hydrogen-bond acceptors (Lipinski definition) is 2. The highest BCUT2D eigenvalue weighted by molar-refractivity contribution is 6.30. The van der Waals surface area contributed by atoms with E-state index in [9.17, 15) is 4.79 Å². The normalized spacial score (nSPS) is 11.1. The highest BCUT2D eigenvalue weighted by Gasteiger charge is 2.11. The highest BCUT2D eigenvalue weighted by atomic mass is 35.5. The fourth-order valence-electron chi connectivity index (χ4n) is 1.95. The lowest BCUT2D eigenvalue weighted by Gasteiger charge is -2.21. The summed E-state index contributed by atoms with van der Waals surface area (Å²) in [7, 11) is 0. The van der Waals surface area contributed by atoms with E-state index in [-0.39, 0.29) is 11.5 Å². The number of nitrogens with one attached hydrogen (secondary N) is 1. The molecule has 0 fully saturated rings. The summed E-state index contributed by atoms with van der Waals surface area (Å²) in [5.74, 6) is 0.737. The topological polar surface area (TPSA) is 38.3 Å². The molecule has 0 aromatic heterocycles. The Bertz CT molecular complexity index is 628. The van der Waals surface area contributed by atoms with Crippen molar-refractivity contribution in [2.24, 2.45) is 0 Å². The number of anilines is 1. The lowest BCUT2D eigenvalue weighted by molar-refractivity contribution is -0.115. The van der Waals surface area contributed by atoms with E-state index in [4.69, 9.17) is 16.3 Å². The first kappa shape index (κ1) is 16.4. The fourth-order valence-corrected chi connectivity index (χ4v) is 2.08. The Morgan fingerprint density at radius 1 is 1.05 bits per heavy atom. The third kappa shape index (κ3) is 5.41. The quantitative estimate of drug-likeness (QED) is 0.887. The molecule has 3 nitrogen and oxygen atoms in total. The zero-order chi connectivity index (χ0) is 16.2. The van der Waals surface area contributed by atoms with Gasteiger partial charge < -0.3 is 10.1 Å². The second-order valence-corrected chi connectivity index (χ2v) is 6.53. The number of rotatable bonds is 4. The minimum Gasteiger partial charge on any atom is -0.488 e. The smallest absolute Gasteiger partial charge is 0.228 e. The van der Waals surface area contributed by atoms with Crippen molar-refractivity contribution in [1.29, 1.82) is 0 Å². The maximum atomic E-state index is 12.0. The van der Waals surface area contributed by atoms with Crippen LogP contribution in [0.25, 0.3) is 0 Å². The van der Waals surface area contributed by atoms with E-state index >= 15 is 0 Å². The van der Waals surface area contributed by atoms with Crippen molar-refractivity contribution in [1.82, 2.24) is 0 Å². The van der Waals surface area contributed by atoms with E-state index in [0.29, 0.717) is 11.4 Å². The van der Waals surface area contributed by atoms with Crippen molar-refractivity contribution >= 4 is 23.2 Å². The van der Waals surface area contributed by atoms with Crippen LogP contribution in [0.1, 0.15) is 26.3 Å². The third-order valence-corrected chi connectivity index (χ3v) is 3.09. The molecule has 0 unspecified atom stereocenters. The molecule has 0 heterocycles. The summed E-state index contributed by atoms with van der Waals surface area (Å²) in [5, 5.41) is 3.49. The summed E-state index contributed by atoms with van der Waals surface area (Å²) in [6, 6.07) is 14.6. The molecule has 2 aromatic carbocycles. The van der Waals surface area contributed by atoms with Gasteiger partial charge in [-0.3, -0.25) is 4.79 Å². The summed E-state index contributed by atoms with van der Waals surface area (Å²) in [4.78, 5) is 12.0. The van der Waals surface area contributed by atoms with Crippen LogP contribution in [0, 0.1) is 0 Å². The lowest BCUT2D eigenvalue weighted by Crippen LogP contribution is -2.22. The van der Waals surface area contributed by atoms with Crippen molar-refractivity contribution in [3.8, 4) is 5.75 Å². The van der Waals surface area contributed by atoms with E-state index in [2.05, 4.69) is 5.32 Å². The van der Waals surface area contributed by atoms with Crippen LogP contribution in [0.15, 0.2) is 48.5 Å². The van der Waals surface area contributed by atoms with E-state index in [1.54, 1.807) is 24.3 Å². The van der Waals surface area contributed by atoms with Gasteiger partial charge >= 0.3 is 0 Å². The van der Waals surface area contributed by atoms with Crippen LogP contribution in [0.3, 0.4) is 0 Å². The van der Waals surface area contributed by atoms with Gasteiger partial charge in [0.15, 0.2) is 0 Å². The molecule has 0 radical (unpaired) electrons. The van der Waals surface area contributed by atoms with Gasteiger partial charge in [-0.2, -0.15) is 0 Å². The van der Waals surface area contributed by atoms with Crippen LogP contribution in [0.2, 0.25) is 5.02 Å². The Morgan fingerprint density at radius 3 is 2.18 bits per heavy atom. The number of benzene rings is 2. The van der Waals surface area contributed by atoms with Gasteiger partial charge in [-0.1, -0.05) is 23.7 Å². The molecule has 0 aliphatic rings. The van der Waals surface area contributed by atoms with Gasteiger partial charge in [0.25, 0.3) is 0 Å². The Hall–Kier alpha value is -2.00. The largest absolute Gasteiger partial charge is 0.488 e. The first-order valence-corrected chi connectivity index (χ1v) is 7.53. The second kappa shape index (κ2) is 6.84. The van der Waals surface area contributed by atoms with E-state index < -0.39 is 0 Å². The standard InChI is InChI=1S/C18H20ClNO2/c1-18(2,3)22-16-10-4-13(5-11-16)12-17(21)20-15-8-6-14(19)7-9-15/h4-11H,12H2,1-3H3,(H,20,21). The Labute approximate surface area is 136 Å². The zero-order valence-electron chi connectivity index (χ0n) is 13.0.